The quantitative estimate of drug-likeness (QED) is 0.793. The van der Waals surface area contributed by atoms with Crippen LogP contribution in [-0.4, -0.2) is 18.6 Å². The Labute approximate surface area is 102 Å². The van der Waals surface area contributed by atoms with Gasteiger partial charge in [-0.25, -0.2) is 0 Å². The van der Waals surface area contributed by atoms with Gasteiger partial charge in [-0.1, -0.05) is 6.07 Å². The van der Waals surface area contributed by atoms with Crippen LogP contribution in [0.4, 0.5) is 0 Å². The first-order chi connectivity index (χ1) is 8.04. The molecule has 4 nitrogen and oxygen atoms in total. The molecule has 17 heavy (non-hydrogen) atoms. The Bertz CT molecular complexity index is 388. The van der Waals surface area contributed by atoms with Gasteiger partial charge in [-0.15, -0.1) is 0 Å². The largest absolute Gasteiger partial charge is 0.494 e. The van der Waals surface area contributed by atoms with Crippen LogP contribution in [0.5, 0.6) is 5.75 Å². The molecule has 1 rings (SSSR count). The topological polar surface area (TPSA) is 61.5 Å². The molecule has 1 aromatic carbocycles. The third-order valence-electron chi connectivity index (χ3n) is 2.29. The second-order valence-electron chi connectivity index (χ2n) is 3.93. The van der Waals surface area contributed by atoms with Crippen LogP contribution in [0.25, 0.3) is 0 Å². The molecule has 0 spiro atoms. The van der Waals surface area contributed by atoms with E-state index in [1.165, 1.54) is 0 Å². The molecule has 1 aromatic rings. The Balaban J connectivity index is 2.61. The third-order valence-corrected chi connectivity index (χ3v) is 2.29. The Morgan fingerprint density at radius 2 is 2.18 bits per heavy atom. The van der Waals surface area contributed by atoms with Crippen LogP contribution in [0.15, 0.2) is 18.2 Å². The molecule has 4 heteroatoms. The fraction of sp³-hybridized carbons (Fsp3) is 0.462. The highest BCUT2D eigenvalue weighted by Gasteiger charge is 2.09. The van der Waals surface area contributed by atoms with Crippen molar-refractivity contribution in [3.63, 3.8) is 0 Å². The molecule has 0 aliphatic carbocycles. The number of carbonyl (C=O) groups excluding carboxylic acids is 1. The van der Waals surface area contributed by atoms with Crippen molar-refractivity contribution in [1.82, 2.24) is 0 Å². The van der Waals surface area contributed by atoms with Gasteiger partial charge >= 0.3 is 5.97 Å². The summed E-state index contributed by atoms with van der Waals surface area (Å²) in [4.78, 5) is 11.2. The Hall–Kier alpha value is -1.55. The number of carbonyl (C=O) groups is 1. The summed E-state index contributed by atoms with van der Waals surface area (Å²) < 4.78 is 10.5. The average molecular weight is 237 g/mol. The Kier molecular flexibility index (Phi) is 4.97. The lowest BCUT2D eigenvalue weighted by Crippen LogP contribution is -2.28. The molecule has 94 valence electrons. The van der Waals surface area contributed by atoms with Gasteiger partial charge in [0.05, 0.1) is 6.61 Å². The highest BCUT2D eigenvalue weighted by molar-refractivity contribution is 5.74. The molecule has 0 bridgehead atoms. The molecular formula is C13H19NO3. The Morgan fingerprint density at radius 1 is 1.47 bits per heavy atom. The number of hydrogen-bond acceptors (Lipinski definition) is 4. The number of aryl methyl sites for hydroxylation is 1. The minimum Gasteiger partial charge on any atom is -0.494 e. The molecule has 0 aliphatic heterocycles. The predicted octanol–water partition coefficient (Wildman–Crippen LogP) is 1.78. The van der Waals surface area contributed by atoms with E-state index in [2.05, 4.69) is 0 Å². The summed E-state index contributed by atoms with van der Waals surface area (Å²) >= 11 is 0. The highest BCUT2D eigenvalue weighted by Crippen LogP contribution is 2.19. The van der Waals surface area contributed by atoms with Crippen molar-refractivity contribution in [2.75, 3.05) is 6.61 Å². The molecule has 0 amide bonds. The van der Waals surface area contributed by atoms with Crippen LogP contribution in [0, 0.1) is 6.92 Å². The van der Waals surface area contributed by atoms with Crippen LogP contribution in [0.1, 0.15) is 25.0 Å². The maximum atomic E-state index is 11.2. The first-order valence-electron chi connectivity index (χ1n) is 5.69. The molecule has 0 radical (unpaired) electrons. The van der Waals surface area contributed by atoms with E-state index >= 15 is 0 Å². The van der Waals surface area contributed by atoms with Gasteiger partial charge in [0, 0.05) is 0 Å². The van der Waals surface area contributed by atoms with Crippen molar-refractivity contribution in [1.29, 1.82) is 0 Å². The molecule has 0 aromatic heterocycles. The van der Waals surface area contributed by atoms with Crippen molar-refractivity contribution in [3.05, 3.63) is 29.3 Å². The second-order valence-corrected chi connectivity index (χ2v) is 3.93. The summed E-state index contributed by atoms with van der Waals surface area (Å²) in [6.07, 6.45) is 0. The van der Waals surface area contributed by atoms with Gasteiger partial charge in [0.15, 0.2) is 0 Å². The zero-order valence-electron chi connectivity index (χ0n) is 10.5. The maximum absolute atomic E-state index is 11.2. The van der Waals surface area contributed by atoms with Crippen LogP contribution >= 0.6 is 0 Å². The van der Waals surface area contributed by atoms with Gasteiger partial charge < -0.3 is 15.2 Å². The summed E-state index contributed by atoms with van der Waals surface area (Å²) in [6, 6.07) is 5.12. The molecule has 2 N–H and O–H groups in total. The summed E-state index contributed by atoms with van der Waals surface area (Å²) in [5.41, 5.74) is 7.36. The number of benzene rings is 1. The van der Waals surface area contributed by atoms with E-state index in [0.717, 1.165) is 16.9 Å². The number of ether oxygens (including phenoxy) is 2. The summed E-state index contributed by atoms with van der Waals surface area (Å²) in [7, 11) is 0. The van der Waals surface area contributed by atoms with Gasteiger partial charge in [0.1, 0.15) is 18.4 Å². The van der Waals surface area contributed by atoms with Gasteiger partial charge in [-0.05, 0) is 44.0 Å². The monoisotopic (exact) mass is 237 g/mol. The van der Waals surface area contributed by atoms with Crippen molar-refractivity contribution < 1.29 is 14.3 Å². The van der Waals surface area contributed by atoms with Crippen molar-refractivity contribution in [2.45, 2.75) is 33.4 Å². The highest BCUT2D eigenvalue weighted by atomic mass is 16.5. The normalized spacial score (nSPS) is 12.0. The minimum absolute atomic E-state index is 0.244. The number of esters is 1. The van der Waals surface area contributed by atoms with E-state index in [1.54, 1.807) is 6.92 Å². The van der Waals surface area contributed by atoms with Gasteiger partial charge in [-0.3, -0.25) is 4.79 Å². The fourth-order valence-corrected chi connectivity index (χ4v) is 1.40. The molecular weight excluding hydrogens is 218 g/mol. The SMILES string of the molecule is CCOc1ccc(COC(=O)C(C)N)cc1C. The lowest BCUT2D eigenvalue weighted by molar-refractivity contribution is -0.146. The van der Waals surface area contributed by atoms with Crippen LogP contribution < -0.4 is 10.5 Å². The fourth-order valence-electron chi connectivity index (χ4n) is 1.40. The molecule has 0 heterocycles. The standard InChI is InChI=1S/C13H19NO3/c1-4-16-12-6-5-11(7-9(12)2)8-17-13(15)10(3)14/h5-7,10H,4,8,14H2,1-3H3. The number of rotatable bonds is 5. The maximum Gasteiger partial charge on any atom is 0.322 e. The number of hydrogen-bond donors (Lipinski definition) is 1. The van der Waals surface area contributed by atoms with Crippen molar-refractivity contribution in [3.8, 4) is 5.75 Å². The van der Waals surface area contributed by atoms with E-state index in [0.29, 0.717) is 6.61 Å². The van der Waals surface area contributed by atoms with Crippen LogP contribution in [0.3, 0.4) is 0 Å². The summed E-state index contributed by atoms with van der Waals surface area (Å²) in [5, 5.41) is 0. The van der Waals surface area contributed by atoms with E-state index in [4.69, 9.17) is 15.2 Å². The lowest BCUT2D eigenvalue weighted by atomic mass is 10.1. The van der Waals surface area contributed by atoms with Crippen LogP contribution in [0.2, 0.25) is 0 Å². The lowest BCUT2D eigenvalue weighted by Gasteiger charge is -2.10. The van der Waals surface area contributed by atoms with Gasteiger partial charge in [0.25, 0.3) is 0 Å². The van der Waals surface area contributed by atoms with Crippen molar-refractivity contribution in [2.24, 2.45) is 5.73 Å². The van der Waals surface area contributed by atoms with Gasteiger partial charge in [-0.2, -0.15) is 0 Å². The average Bonchev–Trinajstić information content (AvgIpc) is 2.29. The molecule has 0 fully saturated rings. The first-order valence-corrected chi connectivity index (χ1v) is 5.69. The van der Waals surface area contributed by atoms with E-state index in [1.807, 2.05) is 32.0 Å². The molecule has 1 atom stereocenters. The van der Waals surface area contributed by atoms with Gasteiger partial charge in [0.2, 0.25) is 0 Å². The zero-order chi connectivity index (χ0) is 12.8. The molecule has 0 aliphatic rings. The predicted molar refractivity (Wildman–Crippen MR) is 65.8 cm³/mol. The molecule has 0 saturated heterocycles. The van der Waals surface area contributed by atoms with E-state index < -0.39 is 12.0 Å². The number of nitrogens with two attached hydrogens (primary N) is 1. The minimum atomic E-state index is -0.584. The Morgan fingerprint density at radius 3 is 2.71 bits per heavy atom. The first kappa shape index (κ1) is 13.5. The molecule has 1 unspecified atom stereocenters. The molecule has 0 saturated carbocycles. The smallest absolute Gasteiger partial charge is 0.322 e. The summed E-state index contributed by atoms with van der Waals surface area (Å²) in [6.45, 7) is 6.39. The van der Waals surface area contributed by atoms with Crippen LogP contribution in [-0.2, 0) is 16.1 Å². The van der Waals surface area contributed by atoms with E-state index in [-0.39, 0.29) is 6.61 Å². The van der Waals surface area contributed by atoms with E-state index in [9.17, 15) is 4.79 Å². The summed E-state index contributed by atoms with van der Waals surface area (Å²) in [5.74, 6) is 0.464. The third kappa shape index (κ3) is 4.07. The second kappa shape index (κ2) is 6.25. The van der Waals surface area contributed by atoms with Crippen molar-refractivity contribution >= 4 is 5.97 Å². The zero-order valence-corrected chi connectivity index (χ0v) is 10.5.